The molecule has 0 bridgehead atoms. The van der Waals surface area contributed by atoms with Crippen LogP contribution in [0.15, 0.2) is 18.3 Å². The number of aromatic amines is 1. The van der Waals surface area contributed by atoms with Crippen molar-refractivity contribution in [3.8, 4) is 0 Å². The van der Waals surface area contributed by atoms with Gasteiger partial charge in [-0.05, 0) is 24.1 Å². The summed E-state index contributed by atoms with van der Waals surface area (Å²) in [4.78, 5) is 5.36. The molecule has 13 heavy (non-hydrogen) atoms. The summed E-state index contributed by atoms with van der Waals surface area (Å²) in [5, 5.41) is 0. The Hall–Kier alpha value is -0.960. The van der Waals surface area contributed by atoms with Crippen LogP contribution in [0.2, 0.25) is 0 Å². The lowest BCUT2D eigenvalue weighted by Crippen LogP contribution is -2.36. The van der Waals surface area contributed by atoms with Gasteiger partial charge in [0.2, 0.25) is 0 Å². The number of nitrogens with zero attached hydrogens (tertiary/aromatic N) is 1. The van der Waals surface area contributed by atoms with Crippen molar-refractivity contribution in [3.63, 3.8) is 0 Å². The second kappa shape index (κ2) is 3.83. The Morgan fingerprint density at radius 2 is 2.23 bits per heavy atom. The molecule has 1 heterocycles. The molecule has 1 rings (SSSR count). The lowest BCUT2D eigenvalue weighted by Gasteiger charge is -2.29. The number of anilines is 1. The lowest BCUT2D eigenvalue weighted by atomic mass is 9.93. The van der Waals surface area contributed by atoms with Crippen LogP contribution in [0.25, 0.3) is 0 Å². The Labute approximate surface area is 79.9 Å². The molecule has 3 N–H and O–H groups in total. The van der Waals surface area contributed by atoms with E-state index in [4.69, 9.17) is 5.73 Å². The van der Waals surface area contributed by atoms with Gasteiger partial charge in [0.15, 0.2) is 0 Å². The first-order valence-electron chi connectivity index (χ1n) is 4.60. The number of nitrogens with two attached hydrogens (primary N) is 1. The van der Waals surface area contributed by atoms with Crippen LogP contribution in [0.3, 0.4) is 0 Å². The van der Waals surface area contributed by atoms with Crippen LogP contribution in [0.4, 0.5) is 5.82 Å². The van der Waals surface area contributed by atoms with Crippen molar-refractivity contribution in [2.24, 2.45) is 11.1 Å². The van der Waals surface area contributed by atoms with Gasteiger partial charge in [0.05, 0.1) is 0 Å². The minimum absolute atomic E-state index is 0.167. The van der Waals surface area contributed by atoms with Crippen LogP contribution in [0.5, 0.6) is 0 Å². The number of hydrogen-bond acceptors (Lipinski definition) is 2. The van der Waals surface area contributed by atoms with Crippen LogP contribution in [0, 0.1) is 5.41 Å². The third kappa shape index (κ3) is 2.77. The van der Waals surface area contributed by atoms with Crippen LogP contribution in [-0.2, 0) is 0 Å². The molecule has 0 unspecified atom stereocenters. The monoisotopic (exact) mass is 181 g/mol. The van der Waals surface area contributed by atoms with Gasteiger partial charge in [-0.2, -0.15) is 0 Å². The van der Waals surface area contributed by atoms with Crippen LogP contribution >= 0.6 is 0 Å². The van der Waals surface area contributed by atoms with Crippen molar-refractivity contribution in [3.05, 3.63) is 18.3 Å². The third-order valence-electron chi connectivity index (χ3n) is 2.21. The largest absolute Gasteiger partial charge is 0.361 e. The zero-order valence-corrected chi connectivity index (χ0v) is 8.67. The minimum Gasteiger partial charge on any atom is -0.361 e. The second-order valence-electron chi connectivity index (χ2n) is 4.28. The predicted octanol–water partition coefficient (Wildman–Crippen LogP) is 1.44. The fourth-order valence-electron chi connectivity index (χ4n) is 1.35. The van der Waals surface area contributed by atoms with Crippen LogP contribution < -0.4 is 10.6 Å². The number of rotatable bonds is 4. The van der Waals surface area contributed by atoms with Gasteiger partial charge in [-0.3, -0.25) is 0 Å². The molecule has 0 saturated carbocycles. The predicted molar refractivity (Wildman–Crippen MR) is 56.9 cm³/mol. The highest BCUT2D eigenvalue weighted by Gasteiger charge is 2.18. The Morgan fingerprint density at radius 1 is 1.54 bits per heavy atom. The standard InChI is InChI=1S/C10H19N3/c1-10(2,7-11)8-13(3)9-5-4-6-12-9/h4-6,12H,7-8,11H2,1-3H3. The molecule has 3 nitrogen and oxygen atoms in total. The summed E-state index contributed by atoms with van der Waals surface area (Å²) >= 11 is 0. The average Bonchev–Trinajstić information content (AvgIpc) is 2.55. The van der Waals surface area contributed by atoms with Gasteiger partial charge in [0.25, 0.3) is 0 Å². The summed E-state index contributed by atoms with van der Waals surface area (Å²) in [5.74, 6) is 1.14. The summed E-state index contributed by atoms with van der Waals surface area (Å²) in [6.07, 6.45) is 1.93. The van der Waals surface area contributed by atoms with Crippen molar-refractivity contribution in [1.29, 1.82) is 0 Å². The molecule has 0 radical (unpaired) electrons. The second-order valence-corrected chi connectivity index (χ2v) is 4.28. The summed E-state index contributed by atoms with van der Waals surface area (Å²) in [7, 11) is 2.07. The normalized spacial score (nSPS) is 11.7. The Balaban J connectivity index is 2.56. The number of hydrogen-bond donors (Lipinski definition) is 2. The molecule has 0 fully saturated rings. The van der Waals surface area contributed by atoms with Crippen molar-refractivity contribution < 1.29 is 0 Å². The maximum Gasteiger partial charge on any atom is 0.105 e. The number of H-pyrrole nitrogens is 1. The molecule has 0 amide bonds. The molecular formula is C10H19N3. The van der Waals surface area contributed by atoms with E-state index in [0.29, 0.717) is 6.54 Å². The molecule has 1 aromatic heterocycles. The third-order valence-corrected chi connectivity index (χ3v) is 2.21. The van der Waals surface area contributed by atoms with Crippen molar-refractivity contribution >= 4 is 5.82 Å². The van der Waals surface area contributed by atoms with E-state index < -0.39 is 0 Å². The molecule has 0 spiro atoms. The highest BCUT2D eigenvalue weighted by atomic mass is 15.2. The maximum atomic E-state index is 5.67. The quantitative estimate of drug-likeness (QED) is 0.738. The van der Waals surface area contributed by atoms with Crippen molar-refractivity contribution in [1.82, 2.24) is 4.98 Å². The minimum atomic E-state index is 0.167. The topological polar surface area (TPSA) is 45.0 Å². The molecule has 0 aliphatic carbocycles. The zero-order chi connectivity index (χ0) is 9.90. The van der Waals surface area contributed by atoms with Gasteiger partial charge < -0.3 is 15.6 Å². The Bertz CT molecular complexity index is 239. The first kappa shape index (κ1) is 10.1. The maximum absolute atomic E-state index is 5.67. The lowest BCUT2D eigenvalue weighted by molar-refractivity contribution is 0.384. The average molecular weight is 181 g/mol. The molecule has 0 atom stereocenters. The van der Waals surface area contributed by atoms with Crippen molar-refractivity contribution in [2.45, 2.75) is 13.8 Å². The molecule has 1 aromatic rings. The molecule has 74 valence electrons. The highest BCUT2D eigenvalue weighted by molar-refractivity contribution is 5.37. The van der Waals surface area contributed by atoms with E-state index >= 15 is 0 Å². The smallest absolute Gasteiger partial charge is 0.105 e. The summed E-state index contributed by atoms with van der Waals surface area (Å²) in [6.45, 7) is 6.01. The Morgan fingerprint density at radius 3 is 2.69 bits per heavy atom. The molecule has 0 aliphatic rings. The highest BCUT2D eigenvalue weighted by Crippen LogP contribution is 2.17. The van der Waals surface area contributed by atoms with E-state index in [1.165, 1.54) is 0 Å². The first-order valence-corrected chi connectivity index (χ1v) is 4.60. The van der Waals surface area contributed by atoms with Gasteiger partial charge in [0.1, 0.15) is 5.82 Å². The number of aromatic nitrogens is 1. The van der Waals surface area contributed by atoms with Gasteiger partial charge in [-0.1, -0.05) is 13.8 Å². The fraction of sp³-hybridized carbons (Fsp3) is 0.600. The van der Waals surface area contributed by atoms with Crippen molar-refractivity contribution in [2.75, 3.05) is 25.0 Å². The van der Waals surface area contributed by atoms with E-state index in [1.54, 1.807) is 0 Å². The van der Waals surface area contributed by atoms with Crippen LogP contribution in [0.1, 0.15) is 13.8 Å². The number of nitrogens with one attached hydrogen (secondary N) is 1. The SMILES string of the molecule is CN(CC(C)(C)CN)c1ccc[nH]1. The van der Waals surface area contributed by atoms with E-state index in [0.717, 1.165) is 12.4 Å². The summed E-state index contributed by atoms with van der Waals surface area (Å²) in [6, 6.07) is 4.06. The Kier molecular flexibility index (Phi) is 2.98. The molecule has 3 heteroatoms. The van der Waals surface area contributed by atoms with Gasteiger partial charge in [-0.25, -0.2) is 0 Å². The van der Waals surface area contributed by atoms with E-state index in [9.17, 15) is 0 Å². The van der Waals surface area contributed by atoms with Crippen LogP contribution in [-0.4, -0.2) is 25.1 Å². The first-order chi connectivity index (χ1) is 6.05. The van der Waals surface area contributed by atoms with Gasteiger partial charge in [0, 0.05) is 19.8 Å². The molecule has 0 aromatic carbocycles. The summed E-state index contributed by atoms with van der Waals surface area (Å²) < 4.78 is 0. The summed E-state index contributed by atoms with van der Waals surface area (Å²) in [5.41, 5.74) is 5.84. The molecule has 0 aliphatic heterocycles. The molecular weight excluding hydrogens is 162 g/mol. The fourth-order valence-corrected chi connectivity index (χ4v) is 1.35. The molecule has 0 saturated heterocycles. The van der Waals surface area contributed by atoms with E-state index in [1.807, 2.05) is 12.3 Å². The van der Waals surface area contributed by atoms with E-state index in [-0.39, 0.29) is 5.41 Å². The van der Waals surface area contributed by atoms with Gasteiger partial charge >= 0.3 is 0 Å². The zero-order valence-electron chi connectivity index (χ0n) is 8.67. The van der Waals surface area contributed by atoms with Gasteiger partial charge in [-0.15, -0.1) is 0 Å². The van der Waals surface area contributed by atoms with E-state index in [2.05, 4.69) is 36.8 Å².